The van der Waals surface area contributed by atoms with Crippen LogP contribution in [0, 0.1) is 17.8 Å². The molecule has 0 amide bonds. The second kappa shape index (κ2) is 6.26. The van der Waals surface area contributed by atoms with Crippen molar-refractivity contribution in [2.24, 2.45) is 17.8 Å². The molecule has 3 rings (SSSR count). The minimum atomic E-state index is 0.510. The molecule has 1 heterocycles. The van der Waals surface area contributed by atoms with Crippen molar-refractivity contribution >= 4 is 0 Å². The average molecular weight is 272 g/mol. The molecule has 2 saturated carbocycles. The van der Waals surface area contributed by atoms with Crippen molar-refractivity contribution in [2.75, 3.05) is 6.54 Å². The second-order valence-corrected chi connectivity index (χ2v) is 6.88. The molecule has 2 aliphatic rings. The maximum absolute atomic E-state index is 4.56. The van der Waals surface area contributed by atoms with Crippen LogP contribution >= 0.6 is 0 Å². The van der Waals surface area contributed by atoms with Gasteiger partial charge in [0.2, 0.25) is 0 Å². The third kappa shape index (κ3) is 2.90. The fraction of sp³-hybridized carbons (Fsp3) is 0.722. The molecule has 0 radical (unpaired) electrons. The van der Waals surface area contributed by atoms with Crippen molar-refractivity contribution in [2.45, 2.75) is 57.9 Å². The highest BCUT2D eigenvalue weighted by Gasteiger charge is 2.40. The zero-order valence-corrected chi connectivity index (χ0v) is 12.9. The van der Waals surface area contributed by atoms with Gasteiger partial charge in [0.05, 0.1) is 0 Å². The van der Waals surface area contributed by atoms with Crippen molar-refractivity contribution in [1.82, 2.24) is 10.3 Å². The summed E-state index contributed by atoms with van der Waals surface area (Å²) >= 11 is 0. The van der Waals surface area contributed by atoms with E-state index in [9.17, 15) is 0 Å². The van der Waals surface area contributed by atoms with Crippen LogP contribution in [-0.2, 0) is 0 Å². The molecule has 1 aromatic heterocycles. The molecular weight excluding hydrogens is 244 g/mol. The monoisotopic (exact) mass is 272 g/mol. The predicted molar refractivity (Wildman–Crippen MR) is 83.7 cm³/mol. The lowest BCUT2D eigenvalue weighted by Crippen LogP contribution is -2.36. The van der Waals surface area contributed by atoms with E-state index >= 15 is 0 Å². The van der Waals surface area contributed by atoms with Gasteiger partial charge in [-0.25, -0.2) is 0 Å². The lowest BCUT2D eigenvalue weighted by molar-refractivity contribution is 0.264. The molecule has 20 heavy (non-hydrogen) atoms. The molecule has 110 valence electrons. The summed E-state index contributed by atoms with van der Waals surface area (Å²) in [5.74, 6) is 3.55. The molecule has 0 spiro atoms. The molecule has 1 N–H and O–H groups in total. The van der Waals surface area contributed by atoms with Gasteiger partial charge in [-0.15, -0.1) is 0 Å². The van der Waals surface area contributed by atoms with E-state index in [0.717, 1.165) is 24.3 Å². The number of rotatable bonds is 6. The van der Waals surface area contributed by atoms with Gasteiger partial charge in [0.1, 0.15) is 0 Å². The van der Waals surface area contributed by atoms with Gasteiger partial charge in [-0.1, -0.05) is 26.3 Å². The number of hydrogen-bond donors (Lipinski definition) is 1. The molecule has 5 unspecified atom stereocenters. The Morgan fingerprint density at radius 3 is 2.80 bits per heavy atom. The van der Waals surface area contributed by atoms with E-state index in [1.165, 1.54) is 37.8 Å². The van der Waals surface area contributed by atoms with Gasteiger partial charge in [0.15, 0.2) is 0 Å². The summed E-state index contributed by atoms with van der Waals surface area (Å²) in [5, 5.41) is 3.73. The summed E-state index contributed by atoms with van der Waals surface area (Å²) < 4.78 is 0. The number of pyridine rings is 1. The van der Waals surface area contributed by atoms with Gasteiger partial charge in [-0.05, 0) is 62.1 Å². The van der Waals surface area contributed by atoms with E-state index in [1.807, 2.05) is 12.3 Å². The van der Waals surface area contributed by atoms with E-state index in [1.54, 1.807) is 0 Å². The molecule has 2 nitrogen and oxygen atoms in total. The normalized spacial score (nSPS) is 31.4. The van der Waals surface area contributed by atoms with E-state index in [-0.39, 0.29) is 0 Å². The number of likely N-dealkylation sites (N-methyl/N-ethyl adjacent to an activating group) is 1. The largest absolute Gasteiger partial charge is 0.314 e. The average Bonchev–Trinajstić information content (AvgIpc) is 3.09. The summed E-state index contributed by atoms with van der Waals surface area (Å²) in [7, 11) is 0. The Morgan fingerprint density at radius 2 is 2.20 bits per heavy atom. The van der Waals surface area contributed by atoms with Gasteiger partial charge in [-0.2, -0.15) is 0 Å². The first-order valence-electron chi connectivity index (χ1n) is 8.42. The van der Waals surface area contributed by atoms with E-state index in [0.29, 0.717) is 12.0 Å². The van der Waals surface area contributed by atoms with Gasteiger partial charge < -0.3 is 5.32 Å². The highest BCUT2D eigenvalue weighted by atomic mass is 14.9. The fourth-order valence-corrected chi connectivity index (χ4v) is 4.57. The molecule has 2 bridgehead atoms. The number of fused-ring (bicyclic) bond motifs is 2. The number of aromatic nitrogens is 1. The van der Waals surface area contributed by atoms with E-state index in [4.69, 9.17) is 0 Å². The maximum atomic E-state index is 4.56. The summed E-state index contributed by atoms with van der Waals surface area (Å²) in [6.45, 7) is 5.62. The van der Waals surface area contributed by atoms with Crippen LogP contribution in [0.5, 0.6) is 0 Å². The Hall–Kier alpha value is -0.890. The minimum Gasteiger partial charge on any atom is -0.314 e. The zero-order chi connectivity index (χ0) is 13.9. The van der Waals surface area contributed by atoms with Crippen LogP contribution in [0.25, 0.3) is 0 Å². The third-order valence-corrected chi connectivity index (χ3v) is 5.67. The van der Waals surface area contributed by atoms with Gasteiger partial charge in [-0.3, -0.25) is 4.98 Å². The lowest BCUT2D eigenvalue weighted by atomic mass is 9.81. The maximum Gasteiger partial charge on any atom is 0.0447 e. The SMILES string of the molecule is CCNC(CC1CC2CCC1C2)C(C)c1ccccn1. The second-order valence-electron chi connectivity index (χ2n) is 6.88. The standard InChI is InChI=1S/C18H28N2/c1-3-19-18(13(2)17-6-4-5-9-20-17)12-16-11-14-7-8-15(16)10-14/h4-6,9,13-16,18-19H,3,7-8,10-12H2,1-2H3. The summed E-state index contributed by atoms with van der Waals surface area (Å²) in [4.78, 5) is 4.56. The molecular formula is C18H28N2. The minimum absolute atomic E-state index is 0.510. The van der Waals surface area contributed by atoms with Crippen molar-refractivity contribution in [3.8, 4) is 0 Å². The molecule has 2 heteroatoms. The highest BCUT2D eigenvalue weighted by molar-refractivity contribution is 5.11. The summed E-state index contributed by atoms with van der Waals surface area (Å²) in [6.07, 6.45) is 9.26. The van der Waals surface area contributed by atoms with E-state index in [2.05, 4.69) is 36.3 Å². The number of nitrogens with one attached hydrogen (secondary N) is 1. The van der Waals surface area contributed by atoms with E-state index < -0.39 is 0 Å². The molecule has 1 aromatic rings. The highest BCUT2D eigenvalue weighted by Crippen LogP contribution is 2.50. The zero-order valence-electron chi connectivity index (χ0n) is 12.9. The van der Waals surface area contributed by atoms with Crippen LogP contribution in [0.1, 0.15) is 57.6 Å². The molecule has 0 saturated heterocycles. The van der Waals surface area contributed by atoms with Gasteiger partial charge >= 0.3 is 0 Å². The van der Waals surface area contributed by atoms with Crippen molar-refractivity contribution in [1.29, 1.82) is 0 Å². The number of nitrogens with zero attached hydrogens (tertiary/aromatic N) is 1. The number of hydrogen-bond acceptors (Lipinski definition) is 2. The van der Waals surface area contributed by atoms with Crippen LogP contribution in [-0.4, -0.2) is 17.6 Å². The summed E-state index contributed by atoms with van der Waals surface area (Å²) in [5.41, 5.74) is 1.24. The third-order valence-electron chi connectivity index (χ3n) is 5.67. The van der Waals surface area contributed by atoms with Crippen molar-refractivity contribution in [3.05, 3.63) is 30.1 Å². The molecule has 5 atom stereocenters. The van der Waals surface area contributed by atoms with Crippen molar-refractivity contribution in [3.63, 3.8) is 0 Å². The van der Waals surface area contributed by atoms with Crippen LogP contribution in [0.4, 0.5) is 0 Å². The first-order chi connectivity index (χ1) is 9.78. The fourth-order valence-electron chi connectivity index (χ4n) is 4.57. The Balaban J connectivity index is 1.66. The van der Waals surface area contributed by atoms with Crippen molar-refractivity contribution < 1.29 is 0 Å². The molecule has 0 aliphatic heterocycles. The molecule has 2 fully saturated rings. The predicted octanol–water partition coefficient (Wildman–Crippen LogP) is 3.99. The van der Waals surface area contributed by atoms with Crippen LogP contribution in [0.15, 0.2) is 24.4 Å². The summed E-state index contributed by atoms with van der Waals surface area (Å²) in [6, 6.07) is 6.88. The van der Waals surface area contributed by atoms with Gasteiger partial charge in [0.25, 0.3) is 0 Å². The topological polar surface area (TPSA) is 24.9 Å². The lowest BCUT2D eigenvalue weighted by Gasteiger charge is -2.30. The first kappa shape index (κ1) is 14.1. The van der Waals surface area contributed by atoms with Gasteiger partial charge in [0, 0.05) is 23.9 Å². The Kier molecular flexibility index (Phi) is 4.40. The first-order valence-corrected chi connectivity index (χ1v) is 8.42. The Bertz CT molecular complexity index is 417. The quantitative estimate of drug-likeness (QED) is 0.847. The Morgan fingerprint density at radius 1 is 1.30 bits per heavy atom. The van der Waals surface area contributed by atoms with Crippen LogP contribution in [0.2, 0.25) is 0 Å². The van der Waals surface area contributed by atoms with Crippen LogP contribution < -0.4 is 5.32 Å². The molecule has 0 aromatic carbocycles. The Labute approximate surface area is 123 Å². The molecule has 2 aliphatic carbocycles. The van der Waals surface area contributed by atoms with Crippen LogP contribution in [0.3, 0.4) is 0 Å². The smallest absolute Gasteiger partial charge is 0.0447 e.